The summed E-state index contributed by atoms with van der Waals surface area (Å²) in [5.41, 5.74) is 0.972. The van der Waals surface area contributed by atoms with Gasteiger partial charge in [-0.05, 0) is 44.2 Å². The molecule has 0 N–H and O–H groups in total. The van der Waals surface area contributed by atoms with Gasteiger partial charge in [-0.2, -0.15) is 0 Å². The van der Waals surface area contributed by atoms with E-state index in [1.807, 2.05) is 35.3 Å². The zero-order chi connectivity index (χ0) is 20.7. The molecule has 0 radical (unpaired) electrons. The number of benzene rings is 1. The Morgan fingerprint density at radius 1 is 1.07 bits per heavy atom. The van der Waals surface area contributed by atoms with Crippen LogP contribution in [0.3, 0.4) is 0 Å². The Hall–Kier alpha value is -2.54. The van der Waals surface area contributed by atoms with E-state index in [2.05, 4.69) is 6.07 Å². The zero-order valence-electron chi connectivity index (χ0n) is 16.8. The molecule has 1 aromatic carbocycles. The Kier molecular flexibility index (Phi) is 5.15. The maximum atomic E-state index is 13.1. The fourth-order valence-corrected chi connectivity index (χ4v) is 6.08. The minimum absolute atomic E-state index is 0.00699. The van der Waals surface area contributed by atoms with E-state index < -0.39 is 0 Å². The lowest BCUT2D eigenvalue weighted by molar-refractivity contribution is -0.141. The third kappa shape index (κ3) is 3.35. The standard InChI is InChI=1S/C23H25N3O3S/c27-20(12-14-26-22(28)15-7-1-2-8-16(15)23(26)29)25-13-6-5-10-18(25)21-24-17-9-3-4-11-19(17)30-21/h1-4,9,11,15-16,18H,5-8,10,12-14H2/t15-,16+,18-/m0/s1. The van der Waals surface area contributed by atoms with Crippen LogP contribution in [0.15, 0.2) is 36.4 Å². The van der Waals surface area contributed by atoms with Crippen LogP contribution in [0.4, 0.5) is 0 Å². The molecular weight excluding hydrogens is 398 g/mol. The van der Waals surface area contributed by atoms with Gasteiger partial charge in [-0.25, -0.2) is 4.98 Å². The summed E-state index contributed by atoms with van der Waals surface area (Å²) in [5.74, 6) is -0.675. The number of hydrogen-bond donors (Lipinski definition) is 0. The lowest BCUT2D eigenvalue weighted by Crippen LogP contribution is -2.41. The van der Waals surface area contributed by atoms with Gasteiger partial charge in [0.15, 0.2) is 0 Å². The van der Waals surface area contributed by atoms with Crippen molar-refractivity contribution in [1.82, 2.24) is 14.8 Å². The van der Waals surface area contributed by atoms with Crippen LogP contribution < -0.4 is 0 Å². The topological polar surface area (TPSA) is 70.6 Å². The highest BCUT2D eigenvalue weighted by molar-refractivity contribution is 7.18. The number of nitrogens with zero attached hydrogens (tertiary/aromatic N) is 3. The lowest BCUT2D eigenvalue weighted by atomic mass is 9.85. The molecule has 0 spiro atoms. The number of likely N-dealkylation sites (tertiary alicyclic amines) is 2. The van der Waals surface area contributed by atoms with Crippen LogP contribution in [0.25, 0.3) is 10.2 Å². The van der Waals surface area contributed by atoms with E-state index in [9.17, 15) is 14.4 Å². The van der Waals surface area contributed by atoms with E-state index in [-0.39, 0.29) is 48.6 Å². The first-order valence-electron chi connectivity index (χ1n) is 10.8. The first-order valence-corrected chi connectivity index (χ1v) is 11.6. The van der Waals surface area contributed by atoms with Gasteiger partial charge in [0.25, 0.3) is 0 Å². The summed E-state index contributed by atoms with van der Waals surface area (Å²) in [5, 5.41) is 0.981. The monoisotopic (exact) mass is 423 g/mol. The van der Waals surface area contributed by atoms with Gasteiger partial charge in [-0.1, -0.05) is 24.3 Å². The number of aromatic nitrogens is 1. The van der Waals surface area contributed by atoms with Crippen molar-refractivity contribution in [3.8, 4) is 0 Å². The number of hydrogen-bond acceptors (Lipinski definition) is 5. The molecule has 5 rings (SSSR count). The minimum Gasteiger partial charge on any atom is -0.333 e. The molecule has 3 atom stereocenters. The molecule has 3 heterocycles. The number of thiazole rings is 1. The largest absolute Gasteiger partial charge is 0.333 e. The highest BCUT2D eigenvalue weighted by Crippen LogP contribution is 2.37. The summed E-state index contributed by atoms with van der Waals surface area (Å²) < 4.78 is 1.13. The summed E-state index contributed by atoms with van der Waals surface area (Å²) in [6, 6.07) is 8.03. The molecule has 30 heavy (non-hydrogen) atoms. The van der Waals surface area contributed by atoms with Crippen molar-refractivity contribution in [1.29, 1.82) is 0 Å². The number of rotatable bonds is 4. The van der Waals surface area contributed by atoms with Gasteiger partial charge in [-0.15, -0.1) is 11.3 Å². The van der Waals surface area contributed by atoms with E-state index in [4.69, 9.17) is 4.98 Å². The first-order chi connectivity index (χ1) is 14.6. The molecule has 7 heteroatoms. The third-order valence-corrected chi connectivity index (χ3v) is 7.70. The predicted molar refractivity (Wildman–Crippen MR) is 115 cm³/mol. The number of carbonyl (C=O) groups excluding carboxylic acids is 3. The smallest absolute Gasteiger partial charge is 0.233 e. The summed E-state index contributed by atoms with van der Waals surface area (Å²) in [4.78, 5) is 46.5. The Morgan fingerprint density at radius 3 is 2.53 bits per heavy atom. The van der Waals surface area contributed by atoms with E-state index in [0.717, 1.165) is 34.5 Å². The van der Waals surface area contributed by atoms with Gasteiger partial charge in [0.2, 0.25) is 17.7 Å². The highest BCUT2D eigenvalue weighted by Gasteiger charge is 2.47. The molecule has 1 aliphatic carbocycles. The normalized spacial score (nSPS) is 26.5. The van der Waals surface area contributed by atoms with Gasteiger partial charge in [0.05, 0.1) is 28.1 Å². The fraction of sp³-hybridized carbons (Fsp3) is 0.478. The summed E-state index contributed by atoms with van der Waals surface area (Å²) >= 11 is 1.65. The van der Waals surface area contributed by atoms with E-state index in [1.54, 1.807) is 11.3 Å². The molecule has 2 aliphatic heterocycles. The molecule has 156 valence electrons. The van der Waals surface area contributed by atoms with Crippen LogP contribution in [0.1, 0.15) is 49.6 Å². The van der Waals surface area contributed by atoms with Crippen LogP contribution in [0.2, 0.25) is 0 Å². The van der Waals surface area contributed by atoms with Crippen LogP contribution in [-0.4, -0.2) is 45.6 Å². The van der Waals surface area contributed by atoms with Gasteiger partial charge in [-0.3, -0.25) is 19.3 Å². The molecule has 2 aromatic rings. The van der Waals surface area contributed by atoms with Crippen LogP contribution in [0, 0.1) is 11.8 Å². The van der Waals surface area contributed by atoms with Gasteiger partial charge in [0.1, 0.15) is 5.01 Å². The Balaban J connectivity index is 1.29. The molecule has 1 aromatic heterocycles. The quantitative estimate of drug-likeness (QED) is 0.555. The minimum atomic E-state index is -0.233. The van der Waals surface area contributed by atoms with Crippen molar-refractivity contribution in [3.05, 3.63) is 41.4 Å². The second kappa shape index (κ2) is 7.95. The lowest BCUT2D eigenvalue weighted by Gasteiger charge is -2.35. The average molecular weight is 424 g/mol. The van der Waals surface area contributed by atoms with E-state index >= 15 is 0 Å². The number of para-hydroxylation sites is 1. The molecular formula is C23H25N3O3S. The molecule has 0 saturated carbocycles. The average Bonchev–Trinajstić information content (AvgIpc) is 3.32. The van der Waals surface area contributed by atoms with Crippen molar-refractivity contribution in [2.45, 2.75) is 44.6 Å². The molecule has 6 nitrogen and oxygen atoms in total. The molecule has 2 fully saturated rings. The number of piperidine rings is 1. The molecule has 3 aliphatic rings. The predicted octanol–water partition coefficient (Wildman–Crippen LogP) is 3.69. The molecule has 3 amide bonds. The van der Waals surface area contributed by atoms with Crippen molar-refractivity contribution in [2.24, 2.45) is 11.8 Å². The summed E-state index contributed by atoms with van der Waals surface area (Å²) in [6.07, 6.45) is 8.37. The summed E-state index contributed by atoms with van der Waals surface area (Å²) in [6.45, 7) is 0.892. The van der Waals surface area contributed by atoms with Crippen molar-refractivity contribution < 1.29 is 14.4 Å². The molecule has 2 saturated heterocycles. The third-order valence-electron chi connectivity index (χ3n) is 6.57. The Morgan fingerprint density at radius 2 is 1.80 bits per heavy atom. The number of fused-ring (bicyclic) bond motifs is 2. The van der Waals surface area contributed by atoms with Crippen molar-refractivity contribution in [2.75, 3.05) is 13.1 Å². The van der Waals surface area contributed by atoms with E-state index in [0.29, 0.717) is 19.4 Å². The second-order valence-electron chi connectivity index (χ2n) is 8.35. The van der Waals surface area contributed by atoms with Crippen molar-refractivity contribution in [3.63, 3.8) is 0 Å². The summed E-state index contributed by atoms with van der Waals surface area (Å²) in [7, 11) is 0. The van der Waals surface area contributed by atoms with Crippen LogP contribution >= 0.6 is 11.3 Å². The fourth-order valence-electron chi connectivity index (χ4n) is 4.96. The highest BCUT2D eigenvalue weighted by atomic mass is 32.1. The maximum absolute atomic E-state index is 13.1. The number of imide groups is 1. The van der Waals surface area contributed by atoms with Gasteiger partial charge in [0, 0.05) is 19.5 Å². The second-order valence-corrected chi connectivity index (χ2v) is 9.41. The molecule has 0 bridgehead atoms. The van der Waals surface area contributed by atoms with Crippen molar-refractivity contribution >= 4 is 39.3 Å². The van der Waals surface area contributed by atoms with Crippen LogP contribution in [0.5, 0.6) is 0 Å². The van der Waals surface area contributed by atoms with Crippen LogP contribution in [-0.2, 0) is 14.4 Å². The first kappa shape index (κ1) is 19.4. The van der Waals surface area contributed by atoms with E-state index in [1.165, 1.54) is 4.90 Å². The zero-order valence-corrected chi connectivity index (χ0v) is 17.6. The van der Waals surface area contributed by atoms with Gasteiger partial charge >= 0.3 is 0 Å². The molecule has 0 unspecified atom stereocenters. The Bertz CT molecular complexity index is 971. The SMILES string of the molecule is O=C1[C@H]2CC=CC[C@H]2C(=O)N1CCC(=O)N1CCCC[C@H]1c1nc2ccccc2s1. The van der Waals surface area contributed by atoms with Gasteiger partial charge < -0.3 is 4.90 Å². The number of carbonyl (C=O) groups is 3. The maximum Gasteiger partial charge on any atom is 0.233 e. The Labute approximate surface area is 179 Å². The number of allylic oxidation sites excluding steroid dienone is 2. The number of amides is 3.